The van der Waals surface area contributed by atoms with Crippen molar-refractivity contribution in [2.24, 2.45) is 0 Å². The zero-order valence-corrected chi connectivity index (χ0v) is 12.3. The number of likely N-dealkylation sites (N-methyl/N-ethyl adjacent to an activating group) is 1. The molecular weight excluding hydrogens is 294 g/mol. The van der Waals surface area contributed by atoms with Crippen LogP contribution in [0.5, 0.6) is 0 Å². The second kappa shape index (κ2) is 5.13. The lowest BCUT2D eigenvalue weighted by molar-refractivity contribution is -0.125. The lowest BCUT2D eigenvalue weighted by atomic mass is 10.1. The molecule has 0 saturated carbocycles. The van der Waals surface area contributed by atoms with E-state index in [0.29, 0.717) is 10.6 Å². The van der Waals surface area contributed by atoms with Gasteiger partial charge < -0.3 is 10.0 Å². The van der Waals surface area contributed by atoms with E-state index in [2.05, 4.69) is 0 Å². The molecule has 0 radical (unpaired) electrons. The first-order valence-corrected chi connectivity index (χ1v) is 7.29. The molecule has 1 aliphatic rings. The van der Waals surface area contributed by atoms with Gasteiger partial charge in [0.05, 0.1) is 5.69 Å². The standard InChI is InChI=1S/C15H12ClNO2S/c1-17-13-8-11(6-7-12(13)14(18)15(17)19)20-10-4-2-9(16)3-5-10/h2-8,14,18H,1H3. The molecule has 1 unspecified atom stereocenters. The molecule has 0 aromatic heterocycles. The molecular formula is C15H12ClNO2S. The van der Waals surface area contributed by atoms with Gasteiger partial charge in [0.2, 0.25) is 0 Å². The van der Waals surface area contributed by atoms with E-state index in [-0.39, 0.29) is 5.91 Å². The minimum absolute atomic E-state index is 0.284. The number of hydrogen-bond acceptors (Lipinski definition) is 3. The van der Waals surface area contributed by atoms with Gasteiger partial charge in [-0.05, 0) is 36.4 Å². The SMILES string of the molecule is CN1C(=O)C(O)c2ccc(Sc3ccc(Cl)cc3)cc21. The first-order valence-electron chi connectivity index (χ1n) is 6.09. The molecule has 5 heteroatoms. The number of hydrogen-bond donors (Lipinski definition) is 1. The van der Waals surface area contributed by atoms with Crippen LogP contribution < -0.4 is 4.90 Å². The molecule has 2 aromatic rings. The van der Waals surface area contributed by atoms with E-state index in [9.17, 15) is 9.90 Å². The van der Waals surface area contributed by atoms with Gasteiger partial charge in [0.25, 0.3) is 5.91 Å². The minimum Gasteiger partial charge on any atom is -0.378 e. The monoisotopic (exact) mass is 305 g/mol. The van der Waals surface area contributed by atoms with Crippen LogP contribution in [0, 0.1) is 0 Å². The number of benzene rings is 2. The van der Waals surface area contributed by atoms with E-state index in [0.717, 1.165) is 15.5 Å². The number of carbonyl (C=O) groups is 1. The Morgan fingerprint density at radius 3 is 2.50 bits per heavy atom. The third kappa shape index (κ3) is 2.30. The highest BCUT2D eigenvalue weighted by molar-refractivity contribution is 7.99. The van der Waals surface area contributed by atoms with Gasteiger partial charge >= 0.3 is 0 Å². The van der Waals surface area contributed by atoms with Crippen molar-refractivity contribution in [3.63, 3.8) is 0 Å². The predicted octanol–water partition coefficient (Wildman–Crippen LogP) is 3.50. The zero-order valence-electron chi connectivity index (χ0n) is 10.7. The van der Waals surface area contributed by atoms with Crippen LogP contribution in [0.1, 0.15) is 11.7 Å². The van der Waals surface area contributed by atoms with Gasteiger partial charge in [0.1, 0.15) is 0 Å². The largest absolute Gasteiger partial charge is 0.378 e. The molecule has 3 nitrogen and oxygen atoms in total. The average molecular weight is 306 g/mol. The van der Waals surface area contributed by atoms with Crippen molar-refractivity contribution in [1.29, 1.82) is 0 Å². The van der Waals surface area contributed by atoms with Crippen LogP contribution in [-0.4, -0.2) is 18.1 Å². The van der Waals surface area contributed by atoms with Crippen molar-refractivity contribution in [2.45, 2.75) is 15.9 Å². The second-order valence-corrected chi connectivity index (χ2v) is 6.16. The smallest absolute Gasteiger partial charge is 0.260 e. The van der Waals surface area contributed by atoms with Gasteiger partial charge in [-0.15, -0.1) is 0 Å². The van der Waals surface area contributed by atoms with Crippen LogP contribution >= 0.6 is 23.4 Å². The number of halogens is 1. The summed E-state index contributed by atoms with van der Waals surface area (Å²) < 4.78 is 0. The zero-order chi connectivity index (χ0) is 14.3. The van der Waals surface area contributed by atoms with Crippen LogP contribution in [0.2, 0.25) is 5.02 Å². The fraction of sp³-hybridized carbons (Fsp3) is 0.133. The Morgan fingerprint density at radius 2 is 1.80 bits per heavy atom. The van der Waals surface area contributed by atoms with Crippen molar-refractivity contribution in [2.75, 3.05) is 11.9 Å². The molecule has 2 aromatic carbocycles. The number of fused-ring (bicyclic) bond motifs is 1. The van der Waals surface area contributed by atoms with E-state index in [1.807, 2.05) is 36.4 Å². The van der Waals surface area contributed by atoms with E-state index < -0.39 is 6.10 Å². The molecule has 0 saturated heterocycles. The van der Waals surface area contributed by atoms with Crippen LogP contribution in [0.25, 0.3) is 0 Å². The van der Waals surface area contributed by atoms with Crippen LogP contribution in [0.15, 0.2) is 52.3 Å². The summed E-state index contributed by atoms with van der Waals surface area (Å²) in [6.07, 6.45) is -1.04. The average Bonchev–Trinajstić information content (AvgIpc) is 2.66. The minimum atomic E-state index is -1.04. The van der Waals surface area contributed by atoms with Gasteiger partial charge in [-0.1, -0.05) is 29.4 Å². The summed E-state index contributed by atoms with van der Waals surface area (Å²) in [5, 5.41) is 10.5. The molecule has 1 amide bonds. The van der Waals surface area contributed by atoms with Gasteiger partial charge in [-0.3, -0.25) is 4.79 Å². The van der Waals surface area contributed by atoms with Crippen molar-refractivity contribution < 1.29 is 9.90 Å². The number of anilines is 1. The third-order valence-corrected chi connectivity index (χ3v) is 4.52. The maximum Gasteiger partial charge on any atom is 0.260 e. The molecule has 1 heterocycles. The maximum absolute atomic E-state index is 11.7. The first-order chi connectivity index (χ1) is 9.56. The first kappa shape index (κ1) is 13.5. The Bertz CT molecular complexity index is 672. The van der Waals surface area contributed by atoms with Crippen molar-refractivity contribution in [1.82, 2.24) is 0 Å². The van der Waals surface area contributed by atoms with Crippen molar-refractivity contribution in [3.8, 4) is 0 Å². The molecule has 0 fully saturated rings. The topological polar surface area (TPSA) is 40.5 Å². The van der Waals surface area contributed by atoms with Crippen LogP contribution in [-0.2, 0) is 4.79 Å². The summed E-state index contributed by atoms with van der Waals surface area (Å²) in [7, 11) is 1.67. The Hall–Kier alpha value is -1.49. The summed E-state index contributed by atoms with van der Waals surface area (Å²) in [6.45, 7) is 0. The fourth-order valence-corrected chi connectivity index (χ4v) is 3.16. The van der Waals surface area contributed by atoms with E-state index in [4.69, 9.17) is 11.6 Å². The highest BCUT2D eigenvalue weighted by Gasteiger charge is 2.33. The molecule has 3 rings (SSSR count). The Kier molecular flexibility index (Phi) is 3.46. The molecule has 1 atom stereocenters. The summed E-state index contributed by atoms with van der Waals surface area (Å²) in [5.74, 6) is -0.284. The van der Waals surface area contributed by atoms with Crippen LogP contribution in [0.3, 0.4) is 0 Å². The molecule has 1 N–H and O–H groups in total. The van der Waals surface area contributed by atoms with Gasteiger partial charge in [0.15, 0.2) is 6.10 Å². The van der Waals surface area contributed by atoms with E-state index in [1.165, 1.54) is 4.90 Å². The van der Waals surface area contributed by atoms with Crippen molar-refractivity contribution >= 4 is 35.0 Å². The molecule has 1 aliphatic heterocycles. The summed E-state index contributed by atoms with van der Waals surface area (Å²) in [4.78, 5) is 15.3. The number of carbonyl (C=O) groups excluding carboxylic acids is 1. The summed E-state index contributed by atoms with van der Waals surface area (Å²) >= 11 is 7.45. The number of rotatable bonds is 2. The van der Waals surface area contributed by atoms with Gasteiger partial charge in [0, 0.05) is 27.4 Å². The summed E-state index contributed by atoms with van der Waals surface area (Å²) in [6, 6.07) is 13.2. The summed E-state index contributed by atoms with van der Waals surface area (Å²) in [5.41, 5.74) is 1.43. The number of aliphatic hydroxyl groups excluding tert-OH is 1. The normalized spacial score (nSPS) is 17.4. The Balaban J connectivity index is 1.90. The second-order valence-electron chi connectivity index (χ2n) is 4.58. The van der Waals surface area contributed by atoms with Crippen LogP contribution in [0.4, 0.5) is 5.69 Å². The van der Waals surface area contributed by atoms with E-state index in [1.54, 1.807) is 24.9 Å². The lowest BCUT2D eigenvalue weighted by Crippen LogP contribution is -2.23. The molecule has 0 bridgehead atoms. The van der Waals surface area contributed by atoms with Gasteiger partial charge in [-0.2, -0.15) is 0 Å². The Labute approximate surface area is 126 Å². The highest BCUT2D eigenvalue weighted by Crippen LogP contribution is 2.39. The van der Waals surface area contributed by atoms with E-state index >= 15 is 0 Å². The Morgan fingerprint density at radius 1 is 1.15 bits per heavy atom. The number of nitrogens with zero attached hydrogens (tertiary/aromatic N) is 1. The quantitative estimate of drug-likeness (QED) is 0.923. The number of amides is 1. The number of aliphatic hydroxyl groups is 1. The molecule has 0 spiro atoms. The van der Waals surface area contributed by atoms with Gasteiger partial charge in [-0.25, -0.2) is 0 Å². The molecule has 102 valence electrons. The highest BCUT2D eigenvalue weighted by atomic mass is 35.5. The fourth-order valence-electron chi connectivity index (χ4n) is 2.18. The predicted molar refractivity (Wildman–Crippen MR) is 80.4 cm³/mol. The molecule has 20 heavy (non-hydrogen) atoms. The third-order valence-electron chi connectivity index (χ3n) is 3.27. The van der Waals surface area contributed by atoms with Crippen molar-refractivity contribution in [3.05, 3.63) is 53.1 Å². The molecule has 0 aliphatic carbocycles. The maximum atomic E-state index is 11.7. The lowest BCUT2D eigenvalue weighted by Gasteiger charge is -2.11.